The Balaban J connectivity index is 1.29. The van der Waals surface area contributed by atoms with Gasteiger partial charge in [-0.25, -0.2) is 13.6 Å². The number of halogens is 2. The van der Waals surface area contributed by atoms with Crippen LogP contribution < -0.4 is 15.4 Å². The lowest BCUT2D eigenvalue weighted by Crippen LogP contribution is -2.43. The molecule has 206 valence electrons. The number of nitrogens with one attached hydrogen (secondary N) is 2. The molecule has 40 heavy (non-hydrogen) atoms. The van der Waals surface area contributed by atoms with Crippen molar-refractivity contribution in [2.24, 2.45) is 0 Å². The molecule has 9 nitrogen and oxygen atoms in total. The number of hydrogen-bond acceptors (Lipinski definition) is 8. The third-order valence-corrected chi connectivity index (χ3v) is 8.30. The molecule has 7 rings (SSSR count). The first-order valence-corrected chi connectivity index (χ1v) is 13.6. The summed E-state index contributed by atoms with van der Waals surface area (Å²) in [6.45, 7) is 3.11. The highest BCUT2D eigenvalue weighted by Crippen LogP contribution is 2.39. The summed E-state index contributed by atoms with van der Waals surface area (Å²) in [6, 6.07) is 9.95. The van der Waals surface area contributed by atoms with Gasteiger partial charge in [0.2, 0.25) is 0 Å². The summed E-state index contributed by atoms with van der Waals surface area (Å²) in [5, 5.41) is 7.05. The molecule has 1 atom stereocenters. The summed E-state index contributed by atoms with van der Waals surface area (Å²) >= 11 is 0. The van der Waals surface area contributed by atoms with E-state index in [1.807, 2.05) is 0 Å². The Morgan fingerprint density at radius 2 is 1.93 bits per heavy atom. The fourth-order valence-electron chi connectivity index (χ4n) is 6.33. The first-order valence-electron chi connectivity index (χ1n) is 13.6. The van der Waals surface area contributed by atoms with Crippen LogP contribution in [0.25, 0.3) is 32.9 Å². The van der Waals surface area contributed by atoms with Crippen LogP contribution in [0.2, 0.25) is 0 Å². The van der Waals surface area contributed by atoms with Gasteiger partial charge < -0.3 is 20.1 Å². The number of fused-ring (bicyclic) bond motifs is 3. The van der Waals surface area contributed by atoms with E-state index >= 15 is 4.39 Å². The van der Waals surface area contributed by atoms with E-state index in [1.54, 1.807) is 30.3 Å². The zero-order valence-corrected chi connectivity index (χ0v) is 21.8. The SMILES string of the molecule is O=C1NCC(CNc2nc(OCC34CCCN3CCC4)nc3c(F)c(-c4cccc5cccc(F)c45)ncc23)O1. The number of benzene rings is 2. The van der Waals surface area contributed by atoms with E-state index in [9.17, 15) is 9.18 Å². The maximum absolute atomic E-state index is 16.3. The van der Waals surface area contributed by atoms with Crippen LogP contribution in [-0.2, 0) is 4.74 Å². The highest BCUT2D eigenvalue weighted by atomic mass is 19.1. The molecule has 1 unspecified atom stereocenters. The number of pyridine rings is 1. The maximum atomic E-state index is 16.3. The van der Waals surface area contributed by atoms with Crippen molar-refractivity contribution >= 4 is 33.6 Å². The topological polar surface area (TPSA) is 102 Å². The molecule has 3 fully saturated rings. The number of rotatable bonds is 7. The molecule has 2 N–H and O–H groups in total. The largest absolute Gasteiger partial charge is 0.461 e. The van der Waals surface area contributed by atoms with Crippen LogP contribution >= 0.6 is 0 Å². The molecule has 2 aromatic carbocycles. The van der Waals surface area contributed by atoms with Crippen molar-refractivity contribution < 1.29 is 23.0 Å². The summed E-state index contributed by atoms with van der Waals surface area (Å²) in [7, 11) is 0. The van der Waals surface area contributed by atoms with Gasteiger partial charge in [-0.05, 0) is 50.2 Å². The predicted octanol–water partition coefficient (Wildman–Crippen LogP) is 4.65. The molecule has 5 heterocycles. The molecular formula is C29H28F2N6O3. The van der Waals surface area contributed by atoms with Crippen molar-refractivity contribution in [1.82, 2.24) is 25.2 Å². The number of aromatic nitrogens is 3. The van der Waals surface area contributed by atoms with Crippen LogP contribution in [0.4, 0.5) is 19.4 Å². The third kappa shape index (κ3) is 4.25. The van der Waals surface area contributed by atoms with Crippen LogP contribution in [0.5, 0.6) is 6.01 Å². The van der Waals surface area contributed by atoms with Crippen LogP contribution in [-0.4, -0.2) is 70.4 Å². The molecule has 3 saturated heterocycles. The van der Waals surface area contributed by atoms with E-state index < -0.39 is 23.8 Å². The minimum Gasteiger partial charge on any atom is -0.461 e. The maximum Gasteiger partial charge on any atom is 0.407 e. The van der Waals surface area contributed by atoms with Crippen molar-refractivity contribution in [1.29, 1.82) is 0 Å². The molecule has 0 radical (unpaired) electrons. The van der Waals surface area contributed by atoms with Gasteiger partial charge in [-0.3, -0.25) is 9.88 Å². The summed E-state index contributed by atoms with van der Waals surface area (Å²) in [4.78, 5) is 27.4. The molecular weight excluding hydrogens is 518 g/mol. The van der Waals surface area contributed by atoms with Crippen molar-refractivity contribution in [3.05, 3.63) is 54.2 Å². The minimum absolute atomic E-state index is 0.0101. The Bertz CT molecular complexity index is 1620. The molecule has 0 saturated carbocycles. The highest BCUT2D eigenvalue weighted by Gasteiger charge is 2.45. The molecule has 0 aliphatic carbocycles. The minimum atomic E-state index is -0.695. The quantitative estimate of drug-likeness (QED) is 0.346. The monoisotopic (exact) mass is 546 g/mol. The second-order valence-corrected chi connectivity index (χ2v) is 10.7. The van der Waals surface area contributed by atoms with Gasteiger partial charge in [0.15, 0.2) is 5.82 Å². The normalized spacial score (nSPS) is 20.1. The molecule has 11 heteroatoms. The molecule has 0 spiro atoms. The number of nitrogens with zero attached hydrogens (tertiary/aromatic N) is 4. The molecule has 3 aliphatic heterocycles. The lowest BCUT2D eigenvalue weighted by Gasteiger charge is -2.31. The van der Waals surface area contributed by atoms with Crippen molar-refractivity contribution in [3.63, 3.8) is 0 Å². The van der Waals surface area contributed by atoms with E-state index in [2.05, 4.69) is 30.5 Å². The molecule has 4 aromatic rings. The van der Waals surface area contributed by atoms with Crippen LogP contribution in [0.1, 0.15) is 25.7 Å². The predicted molar refractivity (Wildman–Crippen MR) is 145 cm³/mol. The van der Waals surface area contributed by atoms with Gasteiger partial charge in [0.25, 0.3) is 0 Å². The van der Waals surface area contributed by atoms with E-state index in [1.165, 1.54) is 12.3 Å². The lowest BCUT2D eigenvalue weighted by molar-refractivity contribution is 0.108. The third-order valence-electron chi connectivity index (χ3n) is 8.30. The number of cyclic esters (lactones) is 1. The van der Waals surface area contributed by atoms with Crippen molar-refractivity contribution in [3.8, 4) is 17.3 Å². The number of anilines is 1. The van der Waals surface area contributed by atoms with E-state index in [0.717, 1.165) is 38.8 Å². The fraction of sp³-hybridized carbons (Fsp3) is 0.379. The Hall–Kier alpha value is -4.12. The molecule has 0 bridgehead atoms. The molecule has 1 amide bonds. The number of carbonyl (C=O) groups is 1. The smallest absolute Gasteiger partial charge is 0.407 e. The molecule has 2 aromatic heterocycles. The number of alkyl carbamates (subject to hydrolysis) is 1. The van der Waals surface area contributed by atoms with Crippen LogP contribution in [0.15, 0.2) is 42.6 Å². The Morgan fingerprint density at radius 1 is 1.12 bits per heavy atom. The van der Waals surface area contributed by atoms with Gasteiger partial charge in [-0.2, -0.15) is 9.97 Å². The number of carbonyl (C=O) groups excluding carboxylic acids is 1. The highest BCUT2D eigenvalue weighted by molar-refractivity contribution is 5.99. The van der Waals surface area contributed by atoms with E-state index in [0.29, 0.717) is 35.3 Å². The van der Waals surface area contributed by atoms with E-state index in [4.69, 9.17) is 9.47 Å². The van der Waals surface area contributed by atoms with Gasteiger partial charge in [0.05, 0.1) is 24.0 Å². The van der Waals surface area contributed by atoms with Gasteiger partial charge >= 0.3 is 12.1 Å². The fourth-order valence-corrected chi connectivity index (χ4v) is 6.33. The van der Waals surface area contributed by atoms with Gasteiger partial charge in [0.1, 0.15) is 35.6 Å². The van der Waals surface area contributed by atoms with Crippen molar-refractivity contribution in [2.75, 3.05) is 38.1 Å². The van der Waals surface area contributed by atoms with Crippen LogP contribution in [0, 0.1) is 11.6 Å². The Morgan fingerprint density at radius 3 is 2.70 bits per heavy atom. The zero-order chi connectivity index (χ0) is 27.3. The van der Waals surface area contributed by atoms with Crippen molar-refractivity contribution in [2.45, 2.75) is 37.3 Å². The summed E-state index contributed by atoms with van der Waals surface area (Å²) in [5.41, 5.74) is 0.294. The van der Waals surface area contributed by atoms with Crippen LogP contribution in [0.3, 0.4) is 0 Å². The Kier molecular flexibility index (Phi) is 6.10. The Labute approximate surface area is 228 Å². The average Bonchev–Trinajstić information content (AvgIpc) is 3.67. The summed E-state index contributed by atoms with van der Waals surface area (Å²) in [5.74, 6) is -0.837. The second kappa shape index (κ2) is 9.81. The average molecular weight is 547 g/mol. The van der Waals surface area contributed by atoms with Gasteiger partial charge in [0, 0.05) is 17.1 Å². The summed E-state index contributed by atoms with van der Waals surface area (Å²) in [6.07, 6.45) is 4.90. The number of ether oxygens (including phenoxy) is 2. The van der Waals surface area contributed by atoms with E-state index in [-0.39, 0.29) is 34.7 Å². The van der Waals surface area contributed by atoms with Gasteiger partial charge in [-0.1, -0.05) is 30.3 Å². The zero-order valence-electron chi connectivity index (χ0n) is 21.8. The molecule has 3 aliphatic rings. The second-order valence-electron chi connectivity index (χ2n) is 10.7. The first kappa shape index (κ1) is 24.9. The van der Waals surface area contributed by atoms with Gasteiger partial charge in [-0.15, -0.1) is 0 Å². The lowest BCUT2D eigenvalue weighted by atomic mass is 9.95. The number of hydrogen-bond donors (Lipinski definition) is 2. The number of amides is 1. The summed E-state index contributed by atoms with van der Waals surface area (Å²) < 4.78 is 42.6. The first-order chi connectivity index (χ1) is 19.5. The standard InChI is InChI=1S/C29H28F2N6O3/c30-21-8-2-6-17-5-1-7-19(22(17)21)24-23(31)25-20(15-32-24)26(33-13-18-14-34-28(38)40-18)36-27(35-25)39-16-29-9-3-11-37(29)12-4-10-29/h1-2,5-8,15,18H,3-4,9-14,16H2,(H,34,38)(H,33,35,36).